The lowest BCUT2D eigenvalue weighted by molar-refractivity contribution is -0.133. The van der Waals surface area contributed by atoms with Crippen LogP contribution in [0.25, 0.3) is 0 Å². The van der Waals surface area contributed by atoms with Gasteiger partial charge in [-0.3, -0.25) is 14.3 Å². The molecule has 5 rings (SSSR count). The van der Waals surface area contributed by atoms with Gasteiger partial charge in [0.25, 0.3) is 5.91 Å². The van der Waals surface area contributed by atoms with Crippen molar-refractivity contribution >= 4 is 11.8 Å². The number of hydrogen-bond acceptors (Lipinski definition) is 5. The molecule has 1 aromatic carbocycles. The average molecular weight is 434 g/mol. The number of rotatable bonds is 5. The number of nitrogens with zero attached hydrogens (tertiary/aromatic N) is 7. The van der Waals surface area contributed by atoms with Crippen LogP contribution >= 0.6 is 0 Å². The highest BCUT2D eigenvalue weighted by atomic mass is 16.2. The summed E-state index contributed by atoms with van der Waals surface area (Å²) in [5.41, 5.74) is 3.74. The Labute approximate surface area is 186 Å². The van der Waals surface area contributed by atoms with Crippen LogP contribution in [0.2, 0.25) is 0 Å². The monoisotopic (exact) mass is 433 g/mol. The third-order valence-electron chi connectivity index (χ3n) is 6.34. The maximum atomic E-state index is 13.0. The van der Waals surface area contributed by atoms with Crippen molar-refractivity contribution in [1.29, 1.82) is 0 Å². The molecule has 0 spiro atoms. The number of carbonyl (C=O) groups excluding carboxylic acids is 2. The van der Waals surface area contributed by atoms with E-state index in [0.29, 0.717) is 25.3 Å². The topological polar surface area (TPSA) is 89.2 Å². The van der Waals surface area contributed by atoms with Crippen molar-refractivity contribution < 1.29 is 9.59 Å². The van der Waals surface area contributed by atoms with E-state index in [0.717, 1.165) is 31.5 Å². The molecular weight excluding hydrogens is 406 g/mol. The van der Waals surface area contributed by atoms with Crippen LogP contribution in [0, 0.1) is 6.92 Å². The highest BCUT2D eigenvalue weighted by molar-refractivity contribution is 5.92. The van der Waals surface area contributed by atoms with Gasteiger partial charge in [-0.15, -0.1) is 5.10 Å². The van der Waals surface area contributed by atoms with E-state index in [4.69, 9.17) is 0 Å². The summed E-state index contributed by atoms with van der Waals surface area (Å²) in [6.45, 7) is 4.69. The molecule has 2 aromatic heterocycles. The molecule has 1 atom stereocenters. The summed E-state index contributed by atoms with van der Waals surface area (Å²) in [5, 5.41) is 12.6. The van der Waals surface area contributed by atoms with E-state index >= 15 is 0 Å². The molecule has 9 nitrogen and oxygen atoms in total. The Hall–Kier alpha value is -3.49. The van der Waals surface area contributed by atoms with Gasteiger partial charge in [-0.1, -0.05) is 29.5 Å². The maximum Gasteiger partial charge on any atom is 0.276 e. The zero-order valence-electron chi connectivity index (χ0n) is 18.2. The number of fused-ring (bicyclic) bond motifs is 1. The second-order valence-electron chi connectivity index (χ2n) is 8.61. The van der Waals surface area contributed by atoms with Gasteiger partial charge < -0.3 is 9.80 Å². The van der Waals surface area contributed by atoms with Crippen molar-refractivity contribution in [3.8, 4) is 0 Å². The fourth-order valence-corrected chi connectivity index (χ4v) is 4.67. The van der Waals surface area contributed by atoms with Gasteiger partial charge in [-0.05, 0) is 43.4 Å². The minimum atomic E-state index is -0.0980. The van der Waals surface area contributed by atoms with Crippen LogP contribution < -0.4 is 0 Å². The summed E-state index contributed by atoms with van der Waals surface area (Å²) < 4.78 is 3.37. The quantitative estimate of drug-likeness (QED) is 0.611. The van der Waals surface area contributed by atoms with Crippen LogP contribution in [-0.4, -0.2) is 65.5 Å². The van der Waals surface area contributed by atoms with Crippen LogP contribution in [0.1, 0.15) is 40.2 Å². The third kappa shape index (κ3) is 4.15. The summed E-state index contributed by atoms with van der Waals surface area (Å²) in [6, 6.07) is 10.2. The lowest BCUT2D eigenvalue weighted by Gasteiger charge is -2.28. The molecule has 1 saturated heterocycles. The van der Waals surface area contributed by atoms with Gasteiger partial charge in [0.2, 0.25) is 5.91 Å². The zero-order chi connectivity index (χ0) is 22.1. The van der Waals surface area contributed by atoms with Crippen LogP contribution in [-0.2, 0) is 30.8 Å². The van der Waals surface area contributed by atoms with E-state index in [9.17, 15) is 9.59 Å². The molecule has 0 bridgehead atoms. The Morgan fingerprint density at radius 3 is 2.75 bits per heavy atom. The second-order valence-corrected chi connectivity index (χ2v) is 8.61. The van der Waals surface area contributed by atoms with Gasteiger partial charge in [-0.25, -0.2) is 4.68 Å². The molecule has 0 aliphatic carbocycles. The number of hydrogen-bond donors (Lipinski definition) is 0. The molecule has 32 heavy (non-hydrogen) atoms. The first-order valence-corrected chi connectivity index (χ1v) is 11.1. The lowest BCUT2D eigenvalue weighted by atomic mass is 10.00. The van der Waals surface area contributed by atoms with Crippen LogP contribution in [0.15, 0.2) is 42.7 Å². The summed E-state index contributed by atoms with van der Waals surface area (Å²) in [4.78, 5) is 29.5. The standard InChI is InChI=1S/C23H27N7O2/c1-17-8-12-28(25-17)16-22(31)30-10-4-7-20(30)14-29-15-21(24-26-29)23(32)27-11-9-18-5-2-3-6-19(18)13-27/h2-3,5-6,8,12,15,20H,4,7,9-11,13-14,16H2,1H3. The van der Waals surface area contributed by atoms with Crippen molar-refractivity contribution in [3.63, 3.8) is 0 Å². The summed E-state index contributed by atoms with van der Waals surface area (Å²) >= 11 is 0. The lowest BCUT2D eigenvalue weighted by Crippen LogP contribution is -2.40. The molecule has 2 aliphatic rings. The maximum absolute atomic E-state index is 13.0. The van der Waals surface area contributed by atoms with Gasteiger partial charge in [0.15, 0.2) is 5.69 Å². The number of benzene rings is 1. The fourth-order valence-electron chi connectivity index (χ4n) is 4.67. The van der Waals surface area contributed by atoms with Crippen LogP contribution in [0.3, 0.4) is 0 Å². The first-order chi connectivity index (χ1) is 15.6. The Morgan fingerprint density at radius 1 is 1.09 bits per heavy atom. The molecule has 9 heteroatoms. The average Bonchev–Trinajstić information content (AvgIpc) is 3.55. The van der Waals surface area contributed by atoms with Gasteiger partial charge in [0.1, 0.15) is 6.54 Å². The summed E-state index contributed by atoms with van der Waals surface area (Å²) in [5.74, 6) is -0.0434. The van der Waals surface area contributed by atoms with Gasteiger partial charge in [-0.2, -0.15) is 5.10 Å². The normalized spacial score (nSPS) is 18.1. The molecular formula is C23H27N7O2. The minimum absolute atomic E-state index is 0.0469. The SMILES string of the molecule is Cc1ccn(CC(=O)N2CCCC2Cn2cc(C(=O)N3CCc4ccccc4C3)nn2)n1. The minimum Gasteiger partial charge on any atom is -0.336 e. The molecule has 2 aliphatic heterocycles. The Morgan fingerprint density at radius 2 is 1.94 bits per heavy atom. The predicted molar refractivity (Wildman–Crippen MR) is 117 cm³/mol. The molecule has 0 radical (unpaired) electrons. The zero-order valence-corrected chi connectivity index (χ0v) is 18.2. The Kier molecular flexibility index (Phi) is 5.46. The smallest absolute Gasteiger partial charge is 0.276 e. The fraction of sp³-hybridized carbons (Fsp3) is 0.435. The van der Waals surface area contributed by atoms with E-state index < -0.39 is 0 Å². The predicted octanol–water partition coefficient (Wildman–Crippen LogP) is 1.67. The molecule has 166 valence electrons. The molecule has 4 heterocycles. The van der Waals surface area contributed by atoms with Gasteiger partial charge in [0, 0.05) is 25.8 Å². The van der Waals surface area contributed by atoms with E-state index in [2.05, 4.69) is 27.5 Å². The molecule has 1 fully saturated rings. The molecule has 0 saturated carbocycles. The number of amides is 2. The molecule has 0 N–H and O–H groups in total. The van der Waals surface area contributed by atoms with Gasteiger partial charge >= 0.3 is 0 Å². The highest BCUT2D eigenvalue weighted by Crippen LogP contribution is 2.21. The van der Waals surface area contributed by atoms with Crippen LogP contribution in [0.5, 0.6) is 0 Å². The van der Waals surface area contributed by atoms with Crippen molar-refractivity contribution in [2.24, 2.45) is 0 Å². The summed E-state index contributed by atoms with van der Waals surface area (Å²) in [6.07, 6.45) is 6.26. The Bertz CT molecular complexity index is 1130. The van der Waals surface area contributed by atoms with Crippen LogP contribution in [0.4, 0.5) is 0 Å². The first-order valence-electron chi connectivity index (χ1n) is 11.1. The van der Waals surface area contributed by atoms with Crippen molar-refractivity contribution in [1.82, 2.24) is 34.6 Å². The largest absolute Gasteiger partial charge is 0.336 e. The number of likely N-dealkylation sites (tertiary alicyclic amines) is 1. The molecule has 2 amide bonds. The molecule has 1 unspecified atom stereocenters. The van der Waals surface area contributed by atoms with E-state index in [1.54, 1.807) is 15.6 Å². The Balaban J connectivity index is 1.22. The number of aryl methyl sites for hydroxylation is 1. The number of carbonyl (C=O) groups is 2. The van der Waals surface area contributed by atoms with E-state index in [1.165, 1.54) is 11.1 Å². The molecule has 3 aromatic rings. The van der Waals surface area contributed by atoms with E-state index in [1.807, 2.05) is 41.1 Å². The summed E-state index contributed by atoms with van der Waals surface area (Å²) in [7, 11) is 0. The van der Waals surface area contributed by atoms with Crippen molar-refractivity contribution in [3.05, 3.63) is 65.2 Å². The number of aromatic nitrogens is 5. The van der Waals surface area contributed by atoms with E-state index in [-0.39, 0.29) is 24.4 Å². The highest BCUT2D eigenvalue weighted by Gasteiger charge is 2.30. The van der Waals surface area contributed by atoms with Crippen molar-refractivity contribution in [2.75, 3.05) is 13.1 Å². The second kappa shape index (κ2) is 8.57. The van der Waals surface area contributed by atoms with Crippen molar-refractivity contribution in [2.45, 2.75) is 51.9 Å². The van der Waals surface area contributed by atoms with Gasteiger partial charge in [0.05, 0.1) is 24.5 Å². The third-order valence-corrected chi connectivity index (χ3v) is 6.34. The first kappa shape index (κ1) is 20.4.